The van der Waals surface area contributed by atoms with Gasteiger partial charge >= 0.3 is 0 Å². The summed E-state index contributed by atoms with van der Waals surface area (Å²) < 4.78 is 0. The Morgan fingerprint density at radius 1 is 1.20 bits per heavy atom. The number of fused-ring (bicyclic) bond motifs is 1. The molecular formula is C17H25N3. The minimum atomic E-state index is 0.726. The number of rotatable bonds is 6. The first-order valence-corrected chi connectivity index (χ1v) is 7.55. The molecule has 0 amide bonds. The monoisotopic (exact) mass is 271 g/mol. The van der Waals surface area contributed by atoms with Gasteiger partial charge in [-0.1, -0.05) is 18.2 Å². The van der Waals surface area contributed by atoms with Gasteiger partial charge in [-0.25, -0.2) is 4.98 Å². The largest absolute Gasteiger partial charge is 0.357 e. The minimum Gasteiger partial charge on any atom is -0.357 e. The van der Waals surface area contributed by atoms with Gasteiger partial charge in [0, 0.05) is 18.5 Å². The second kappa shape index (κ2) is 6.71. The summed E-state index contributed by atoms with van der Waals surface area (Å²) in [5.74, 6) is 1.13. The van der Waals surface area contributed by atoms with Gasteiger partial charge in [0.2, 0.25) is 0 Å². The molecule has 0 aliphatic heterocycles. The zero-order valence-corrected chi connectivity index (χ0v) is 12.8. The lowest BCUT2D eigenvalue weighted by Crippen LogP contribution is -2.24. The average molecular weight is 271 g/mol. The van der Waals surface area contributed by atoms with Gasteiger partial charge in [0.05, 0.1) is 5.52 Å². The van der Waals surface area contributed by atoms with Gasteiger partial charge in [-0.15, -0.1) is 0 Å². The van der Waals surface area contributed by atoms with Gasteiger partial charge in [-0.05, 0) is 57.4 Å². The van der Waals surface area contributed by atoms with Crippen molar-refractivity contribution in [3.63, 3.8) is 0 Å². The van der Waals surface area contributed by atoms with Gasteiger partial charge in [-0.3, -0.25) is 0 Å². The molecule has 0 unspecified atom stereocenters. The number of nitrogens with zero attached hydrogens (tertiary/aromatic N) is 2. The highest BCUT2D eigenvalue weighted by Crippen LogP contribution is 2.26. The average Bonchev–Trinajstić information content (AvgIpc) is 2.47. The summed E-state index contributed by atoms with van der Waals surface area (Å²) in [6, 6.07) is 8.66. The van der Waals surface area contributed by atoms with E-state index in [1.54, 1.807) is 0 Å². The predicted molar refractivity (Wildman–Crippen MR) is 87.4 cm³/mol. The van der Waals surface area contributed by atoms with Crippen LogP contribution in [0, 0.1) is 6.92 Å². The smallest absolute Gasteiger partial charge is 0.132 e. The molecule has 0 aliphatic rings. The van der Waals surface area contributed by atoms with E-state index in [0.29, 0.717) is 0 Å². The molecule has 1 heterocycles. The number of pyridine rings is 1. The van der Waals surface area contributed by atoms with Crippen LogP contribution in [0.15, 0.2) is 24.3 Å². The Kier molecular flexibility index (Phi) is 4.96. The predicted octanol–water partition coefficient (Wildman–Crippen LogP) is 3.28. The van der Waals surface area contributed by atoms with Crippen molar-refractivity contribution in [1.82, 2.24) is 4.98 Å². The molecule has 0 bridgehead atoms. The minimum absolute atomic E-state index is 0.726. The number of nitrogens with two attached hydrogens (primary N) is 1. The highest BCUT2D eigenvalue weighted by molar-refractivity contribution is 5.84. The van der Waals surface area contributed by atoms with E-state index in [9.17, 15) is 0 Å². The Hall–Kier alpha value is -1.61. The Morgan fingerprint density at radius 2 is 1.95 bits per heavy atom. The first-order valence-electron chi connectivity index (χ1n) is 7.55. The van der Waals surface area contributed by atoms with Crippen molar-refractivity contribution in [2.24, 2.45) is 5.73 Å². The normalized spacial score (nSPS) is 11.0. The molecule has 2 N–H and O–H groups in total. The van der Waals surface area contributed by atoms with Crippen LogP contribution >= 0.6 is 0 Å². The topological polar surface area (TPSA) is 42.2 Å². The zero-order valence-electron chi connectivity index (χ0n) is 12.8. The van der Waals surface area contributed by atoms with Crippen LogP contribution in [0.3, 0.4) is 0 Å². The Morgan fingerprint density at radius 3 is 2.60 bits per heavy atom. The quantitative estimate of drug-likeness (QED) is 0.876. The van der Waals surface area contributed by atoms with Gasteiger partial charge in [-0.2, -0.15) is 0 Å². The summed E-state index contributed by atoms with van der Waals surface area (Å²) in [4.78, 5) is 7.29. The van der Waals surface area contributed by atoms with Crippen molar-refractivity contribution >= 4 is 16.7 Å². The van der Waals surface area contributed by atoms with E-state index >= 15 is 0 Å². The van der Waals surface area contributed by atoms with E-state index in [2.05, 4.69) is 49.9 Å². The van der Waals surface area contributed by atoms with Crippen molar-refractivity contribution in [3.05, 3.63) is 35.4 Å². The summed E-state index contributed by atoms with van der Waals surface area (Å²) in [7, 11) is 0. The van der Waals surface area contributed by atoms with Crippen molar-refractivity contribution in [3.8, 4) is 0 Å². The van der Waals surface area contributed by atoms with Crippen LogP contribution in [0.25, 0.3) is 10.9 Å². The van der Waals surface area contributed by atoms with Crippen molar-refractivity contribution in [1.29, 1.82) is 0 Å². The van der Waals surface area contributed by atoms with E-state index in [1.165, 1.54) is 16.5 Å². The van der Waals surface area contributed by atoms with E-state index < -0.39 is 0 Å². The van der Waals surface area contributed by atoms with Crippen LogP contribution in [0.4, 0.5) is 5.82 Å². The summed E-state index contributed by atoms with van der Waals surface area (Å²) in [5, 5.41) is 1.23. The number of hydrogen-bond acceptors (Lipinski definition) is 3. The van der Waals surface area contributed by atoms with Gasteiger partial charge in [0.1, 0.15) is 5.82 Å². The number of hydrogen-bond donors (Lipinski definition) is 1. The highest BCUT2D eigenvalue weighted by atomic mass is 15.2. The summed E-state index contributed by atoms with van der Waals surface area (Å²) in [6.45, 7) is 9.18. The molecule has 2 rings (SSSR count). The van der Waals surface area contributed by atoms with E-state index in [4.69, 9.17) is 10.7 Å². The molecule has 2 aromatic rings. The molecule has 0 saturated carbocycles. The summed E-state index contributed by atoms with van der Waals surface area (Å²) in [5.41, 5.74) is 9.34. The number of anilines is 1. The summed E-state index contributed by atoms with van der Waals surface area (Å²) >= 11 is 0. The molecule has 108 valence electrons. The van der Waals surface area contributed by atoms with Gasteiger partial charge < -0.3 is 10.6 Å². The Bertz CT molecular complexity index is 574. The second-order valence-electron chi connectivity index (χ2n) is 5.18. The zero-order chi connectivity index (χ0) is 14.5. The molecule has 0 saturated heterocycles. The third-order valence-corrected chi connectivity index (χ3v) is 3.82. The van der Waals surface area contributed by atoms with Gasteiger partial charge in [0.15, 0.2) is 0 Å². The van der Waals surface area contributed by atoms with Crippen LogP contribution in [-0.4, -0.2) is 24.6 Å². The standard InChI is InChI=1S/C17H25N3/c1-4-20(5-2)17-15(10-7-11-18)12-14-9-6-8-13(3)16(14)19-17/h6,8-9,12H,4-5,7,10-11,18H2,1-3H3. The lowest BCUT2D eigenvalue weighted by molar-refractivity contribution is 0.800. The third-order valence-electron chi connectivity index (χ3n) is 3.82. The molecule has 0 spiro atoms. The number of para-hydroxylation sites is 1. The van der Waals surface area contributed by atoms with Crippen molar-refractivity contribution in [2.45, 2.75) is 33.6 Å². The maximum Gasteiger partial charge on any atom is 0.132 e. The SMILES string of the molecule is CCN(CC)c1nc2c(C)cccc2cc1CCCN. The molecule has 0 fully saturated rings. The lowest BCUT2D eigenvalue weighted by Gasteiger charge is -2.23. The number of benzene rings is 1. The van der Waals surface area contributed by atoms with Crippen LogP contribution in [0.2, 0.25) is 0 Å². The van der Waals surface area contributed by atoms with E-state index in [-0.39, 0.29) is 0 Å². The molecule has 1 aromatic carbocycles. The fourth-order valence-corrected chi connectivity index (χ4v) is 2.65. The second-order valence-corrected chi connectivity index (χ2v) is 5.18. The first kappa shape index (κ1) is 14.8. The molecule has 1 aromatic heterocycles. The molecule has 3 nitrogen and oxygen atoms in total. The summed E-state index contributed by atoms with van der Waals surface area (Å²) in [6.07, 6.45) is 2.01. The third kappa shape index (κ3) is 2.93. The first-order chi connectivity index (χ1) is 9.71. The Labute approximate surface area is 121 Å². The van der Waals surface area contributed by atoms with Crippen LogP contribution in [-0.2, 0) is 6.42 Å². The van der Waals surface area contributed by atoms with Crippen LogP contribution < -0.4 is 10.6 Å². The van der Waals surface area contributed by atoms with Crippen LogP contribution in [0.1, 0.15) is 31.4 Å². The van der Waals surface area contributed by atoms with Gasteiger partial charge in [0.25, 0.3) is 0 Å². The molecule has 0 radical (unpaired) electrons. The van der Waals surface area contributed by atoms with E-state index in [1.807, 2.05) is 0 Å². The fraction of sp³-hybridized carbons (Fsp3) is 0.471. The number of aromatic nitrogens is 1. The lowest BCUT2D eigenvalue weighted by atomic mass is 10.0. The molecule has 0 aliphatic carbocycles. The molecule has 20 heavy (non-hydrogen) atoms. The van der Waals surface area contributed by atoms with Crippen molar-refractivity contribution < 1.29 is 0 Å². The molecule has 0 atom stereocenters. The molecule has 3 heteroatoms. The fourth-order valence-electron chi connectivity index (χ4n) is 2.65. The molecular weight excluding hydrogens is 246 g/mol. The van der Waals surface area contributed by atoms with Crippen molar-refractivity contribution in [2.75, 3.05) is 24.5 Å². The number of aryl methyl sites for hydroxylation is 2. The Balaban J connectivity index is 2.57. The maximum atomic E-state index is 5.67. The van der Waals surface area contributed by atoms with E-state index in [0.717, 1.165) is 43.8 Å². The highest BCUT2D eigenvalue weighted by Gasteiger charge is 2.12. The van der Waals surface area contributed by atoms with Crippen LogP contribution in [0.5, 0.6) is 0 Å². The maximum absolute atomic E-state index is 5.67.